The molecule has 1 amide bonds. The van der Waals surface area contributed by atoms with Crippen LogP contribution in [-0.2, 0) is 9.63 Å². The summed E-state index contributed by atoms with van der Waals surface area (Å²) < 4.78 is 0. The SMILES string of the molecule is CON(C)C(=O)C(C)(C)CCCl. The predicted octanol–water partition coefficient (Wildman–Crippen LogP) is 1.66. The zero-order valence-corrected chi connectivity index (χ0v) is 8.81. The molecule has 0 aliphatic heterocycles. The third-order valence-corrected chi connectivity index (χ3v) is 2.05. The molecule has 0 radical (unpaired) electrons. The Kier molecular flexibility index (Phi) is 4.57. The van der Waals surface area contributed by atoms with Crippen molar-refractivity contribution in [2.24, 2.45) is 5.41 Å². The molecular weight excluding hydrogens is 178 g/mol. The van der Waals surface area contributed by atoms with Crippen LogP contribution in [0.5, 0.6) is 0 Å². The maximum Gasteiger partial charge on any atom is 0.251 e. The Morgan fingerprint density at radius 1 is 1.58 bits per heavy atom. The normalized spacial score (nSPS) is 11.4. The average molecular weight is 194 g/mol. The first-order valence-corrected chi connectivity index (χ1v) is 4.37. The number of hydroxylamine groups is 2. The summed E-state index contributed by atoms with van der Waals surface area (Å²) >= 11 is 5.57. The van der Waals surface area contributed by atoms with Gasteiger partial charge in [-0.15, -0.1) is 11.6 Å². The highest BCUT2D eigenvalue weighted by Gasteiger charge is 2.29. The van der Waals surface area contributed by atoms with Crippen LogP contribution in [0.4, 0.5) is 0 Å². The fourth-order valence-corrected chi connectivity index (χ4v) is 1.32. The van der Waals surface area contributed by atoms with E-state index in [-0.39, 0.29) is 5.91 Å². The second-order valence-electron chi connectivity index (χ2n) is 3.31. The summed E-state index contributed by atoms with van der Waals surface area (Å²) in [6.07, 6.45) is 0.654. The van der Waals surface area contributed by atoms with E-state index in [2.05, 4.69) is 0 Å². The van der Waals surface area contributed by atoms with Gasteiger partial charge >= 0.3 is 0 Å². The Hall–Kier alpha value is -0.280. The van der Waals surface area contributed by atoms with E-state index in [0.29, 0.717) is 12.3 Å². The van der Waals surface area contributed by atoms with E-state index < -0.39 is 5.41 Å². The van der Waals surface area contributed by atoms with Gasteiger partial charge in [-0.25, -0.2) is 5.06 Å². The zero-order chi connectivity index (χ0) is 9.78. The summed E-state index contributed by atoms with van der Waals surface area (Å²) in [5.74, 6) is 0.432. The van der Waals surface area contributed by atoms with Crippen molar-refractivity contribution in [3.63, 3.8) is 0 Å². The summed E-state index contributed by atoms with van der Waals surface area (Å²) in [6, 6.07) is 0. The van der Waals surface area contributed by atoms with Crippen molar-refractivity contribution < 1.29 is 9.63 Å². The Balaban J connectivity index is 4.24. The van der Waals surface area contributed by atoms with Crippen LogP contribution in [0.25, 0.3) is 0 Å². The molecule has 0 aromatic carbocycles. The van der Waals surface area contributed by atoms with Crippen LogP contribution in [0.15, 0.2) is 0 Å². The minimum atomic E-state index is -0.438. The molecule has 3 nitrogen and oxygen atoms in total. The summed E-state index contributed by atoms with van der Waals surface area (Å²) in [4.78, 5) is 16.3. The summed E-state index contributed by atoms with van der Waals surface area (Å²) in [5.41, 5.74) is -0.438. The van der Waals surface area contributed by atoms with Crippen molar-refractivity contribution in [2.45, 2.75) is 20.3 Å². The van der Waals surface area contributed by atoms with Crippen LogP contribution < -0.4 is 0 Å². The Morgan fingerprint density at radius 3 is 2.42 bits per heavy atom. The quantitative estimate of drug-likeness (QED) is 0.502. The molecule has 0 N–H and O–H groups in total. The van der Waals surface area contributed by atoms with Crippen LogP contribution in [0.2, 0.25) is 0 Å². The van der Waals surface area contributed by atoms with Gasteiger partial charge in [0.25, 0.3) is 5.91 Å². The van der Waals surface area contributed by atoms with E-state index in [1.165, 1.54) is 12.2 Å². The van der Waals surface area contributed by atoms with Crippen molar-refractivity contribution in [2.75, 3.05) is 20.0 Å². The maximum atomic E-state index is 11.5. The van der Waals surface area contributed by atoms with Gasteiger partial charge in [0.1, 0.15) is 0 Å². The molecule has 0 aliphatic carbocycles. The summed E-state index contributed by atoms with van der Waals surface area (Å²) in [6.45, 7) is 3.71. The van der Waals surface area contributed by atoms with E-state index in [1.807, 2.05) is 13.8 Å². The number of alkyl halides is 1. The Morgan fingerprint density at radius 2 is 2.08 bits per heavy atom. The smallest absolute Gasteiger partial charge is 0.251 e. The molecule has 0 atom stereocenters. The lowest BCUT2D eigenvalue weighted by Gasteiger charge is -2.26. The van der Waals surface area contributed by atoms with Gasteiger partial charge in [0.2, 0.25) is 0 Å². The number of halogens is 1. The monoisotopic (exact) mass is 193 g/mol. The van der Waals surface area contributed by atoms with Crippen molar-refractivity contribution in [1.29, 1.82) is 0 Å². The number of hydrogen-bond acceptors (Lipinski definition) is 2. The predicted molar refractivity (Wildman–Crippen MR) is 48.9 cm³/mol. The van der Waals surface area contributed by atoms with Crippen molar-refractivity contribution in [3.8, 4) is 0 Å². The van der Waals surface area contributed by atoms with Crippen molar-refractivity contribution in [1.82, 2.24) is 5.06 Å². The molecule has 0 saturated carbocycles. The van der Waals surface area contributed by atoms with Crippen LogP contribution in [0, 0.1) is 5.41 Å². The molecule has 0 bridgehead atoms. The molecule has 72 valence electrons. The Labute approximate surface area is 78.6 Å². The number of carbonyl (C=O) groups is 1. The third-order valence-electron chi connectivity index (χ3n) is 1.86. The molecule has 0 aromatic heterocycles. The zero-order valence-electron chi connectivity index (χ0n) is 8.06. The van der Waals surface area contributed by atoms with Gasteiger partial charge in [0.05, 0.1) is 7.11 Å². The largest absolute Gasteiger partial charge is 0.275 e. The highest BCUT2D eigenvalue weighted by molar-refractivity contribution is 6.18. The minimum absolute atomic E-state index is 0.0503. The molecule has 0 aliphatic rings. The third kappa shape index (κ3) is 2.99. The average Bonchev–Trinajstić information content (AvgIpc) is 2.01. The lowest BCUT2D eigenvalue weighted by molar-refractivity contribution is -0.178. The lowest BCUT2D eigenvalue weighted by Crippen LogP contribution is -2.38. The van der Waals surface area contributed by atoms with Crippen LogP contribution in [0.3, 0.4) is 0 Å². The maximum absolute atomic E-state index is 11.5. The second kappa shape index (κ2) is 4.67. The van der Waals surface area contributed by atoms with E-state index >= 15 is 0 Å². The molecule has 0 unspecified atom stereocenters. The molecule has 0 saturated heterocycles. The van der Waals surface area contributed by atoms with Crippen LogP contribution in [0.1, 0.15) is 20.3 Å². The minimum Gasteiger partial charge on any atom is -0.275 e. The van der Waals surface area contributed by atoms with Gasteiger partial charge in [0, 0.05) is 18.3 Å². The van der Waals surface area contributed by atoms with Crippen LogP contribution >= 0.6 is 11.6 Å². The molecule has 0 heterocycles. The van der Waals surface area contributed by atoms with E-state index in [9.17, 15) is 4.79 Å². The van der Waals surface area contributed by atoms with Crippen LogP contribution in [-0.4, -0.2) is 31.0 Å². The van der Waals surface area contributed by atoms with Crippen molar-refractivity contribution >= 4 is 17.5 Å². The Bertz CT molecular complexity index is 159. The van der Waals surface area contributed by atoms with Crippen molar-refractivity contribution in [3.05, 3.63) is 0 Å². The second-order valence-corrected chi connectivity index (χ2v) is 3.69. The standard InChI is InChI=1S/C8H16ClNO2/c1-8(2,5-6-9)7(11)10(3)12-4/h5-6H2,1-4H3. The highest BCUT2D eigenvalue weighted by Crippen LogP contribution is 2.23. The molecule has 0 aromatic rings. The fraction of sp³-hybridized carbons (Fsp3) is 0.875. The fourth-order valence-electron chi connectivity index (χ4n) is 0.852. The molecule has 4 heteroatoms. The highest BCUT2D eigenvalue weighted by atomic mass is 35.5. The van der Waals surface area contributed by atoms with E-state index in [1.54, 1.807) is 7.05 Å². The van der Waals surface area contributed by atoms with E-state index in [0.717, 1.165) is 0 Å². The number of nitrogens with zero attached hydrogens (tertiary/aromatic N) is 1. The molecule has 12 heavy (non-hydrogen) atoms. The number of amides is 1. The summed E-state index contributed by atoms with van der Waals surface area (Å²) in [5, 5.41) is 1.23. The molecular formula is C8H16ClNO2. The number of rotatable bonds is 4. The lowest BCUT2D eigenvalue weighted by atomic mass is 9.89. The van der Waals surface area contributed by atoms with Gasteiger partial charge in [-0.05, 0) is 6.42 Å². The first-order valence-electron chi connectivity index (χ1n) is 3.84. The van der Waals surface area contributed by atoms with Gasteiger partial charge < -0.3 is 0 Å². The van der Waals surface area contributed by atoms with E-state index in [4.69, 9.17) is 16.4 Å². The number of carbonyl (C=O) groups excluding carboxylic acids is 1. The van der Waals surface area contributed by atoms with Gasteiger partial charge in [0.15, 0.2) is 0 Å². The number of hydrogen-bond donors (Lipinski definition) is 0. The van der Waals surface area contributed by atoms with Gasteiger partial charge in [-0.2, -0.15) is 0 Å². The summed E-state index contributed by atoms with van der Waals surface area (Å²) in [7, 11) is 3.06. The topological polar surface area (TPSA) is 29.5 Å². The van der Waals surface area contributed by atoms with Gasteiger partial charge in [-0.1, -0.05) is 13.8 Å². The molecule has 0 spiro atoms. The molecule has 0 rings (SSSR count). The van der Waals surface area contributed by atoms with Gasteiger partial charge in [-0.3, -0.25) is 9.63 Å². The molecule has 0 fully saturated rings. The first kappa shape index (κ1) is 11.7. The first-order chi connectivity index (χ1) is 5.45.